The van der Waals surface area contributed by atoms with Gasteiger partial charge in [0, 0.05) is 4.90 Å². The molecular weight excluding hydrogens is 318 g/mol. The topological polar surface area (TPSA) is 38.3 Å². The Balaban J connectivity index is 1.89. The molecule has 2 aromatic rings. The molecule has 0 saturated carbocycles. The van der Waals surface area contributed by atoms with Gasteiger partial charge in [0.05, 0.1) is 18.4 Å². The van der Waals surface area contributed by atoms with Crippen molar-refractivity contribution >= 4 is 17.7 Å². The van der Waals surface area contributed by atoms with Crippen molar-refractivity contribution in [2.24, 2.45) is 5.92 Å². The molecule has 2 aromatic carbocycles. The number of ether oxygens (including phenoxy) is 1. The lowest BCUT2D eigenvalue weighted by atomic mass is 9.96. The van der Waals surface area contributed by atoms with Crippen LogP contribution in [0.3, 0.4) is 0 Å². The highest BCUT2D eigenvalue weighted by molar-refractivity contribution is 8.00. The number of thioether (sulfide) groups is 1. The molecule has 0 spiro atoms. The van der Waals surface area contributed by atoms with Gasteiger partial charge in [-0.1, -0.05) is 44.2 Å². The van der Waals surface area contributed by atoms with E-state index in [1.165, 1.54) is 11.8 Å². The van der Waals surface area contributed by atoms with Crippen molar-refractivity contribution < 1.29 is 9.53 Å². The summed E-state index contributed by atoms with van der Waals surface area (Å²) >= 11 is 1.54. The van der Waals surface area contributed by atoms with Gasteiger partial charge in [-0.3, -0.25) is 4.79 Å². The van der Waals surface area contributed by atoms with Crippen LogP contribution in [-0.4, -0.2) is 18.3 Å². The van der Waals surface area contributed by atoms with E-state index in [9.17, 15) is 4.79 Å². The molecule has 0 aliphatic carbocycles. The normalized spacial score (nSPS) is 12.0. The van der Waals surface area contributed by atoms with Gasteiger partial charge in [-0.25, -0.2) is 0 Å². The van der Waals surface area contributed by atoms with Gasteiger partial charge >= 0.3 is 0 Å². The van der Waals surface area contributed by atoms with Gasteiger partial charge < -0.3 is 10.1 Å². The van der Waals surface area contributed by atoms with Crippen molar-refractivity contribution in [1.29, 1.82) is 0 Å². The number of nitrogens with one attached hydrogen (secondary N) is 1. The summed E-state index contributed by atoms with van der Waals surface area (Å²) in [6.07, 6.45) is 0. The van der Waals surface area contributed by atoms with E-state index in [0.717, 1.165) is 16.2 Å². The van der Waals surface area contributed by atoms with Crippen LogP contribution in [0.1, 0.15) is 32.4 Å². The summed E-state index contributed by atoms with van der Waals surface area (Å²) in [5.41, 5.74) is 1.15. The largest absolute Gasteiger partial charge is 0.494 e. The SMILES string of the molecule is CCOc1ccc(SCC(=O)NC(c2ccccc2)C(C)C)cc1. The number of amides is 1. The third-order valence-corrected chi connectivity index (χ3v) is 4.66. The number of hydrogen-bond acceptors (Lipinski definition) is 3. The molecule has 1 atom stereocenters. The van der Waals surface area contributed by atoms with E-state index in [2.05, 4.69) is 31.3 Å². The molecule has 24 heavy (non-hydrogen) atoms. The Labute approximate surface area is 148 Å². The summed E-state index contributed by atoms with van der Waals surface area (Å²) < 4.78 is 5.43. The van der Waals surface area contributed by atoms with Crippen molar-refractivity contribution in [2.75, 3.05) is 12.4 Å². The Hall–Kier alpha value is -1.94. The molecule has 0 heterocycles. The molecular formula is C20H25NO2S. The number of carbonyl (C=O) groups is 1. The fraction of sp³-hybridized carbons (Fsp3) is 0.350. The maximum absolute atomic E-state index is 12.3. The van der Waals surface area contributed by atoms with E-state index < -0.39 is 0 Å². The molecule has 128 valence electrons. The highest BCUT2D eigenvalue weighted by Crippen LogP contribution is 2.24. The lowest BCUT2D eigenvalue weighted by Gasteiger charge is -2.23. The standard InChI is InChI=1S/C20H25NO2S/c1-4-23-17-10-12-18(13-11-17)24-14-19(22)21-20(15(2)3)16-8-6-5-7-9-16/h5-13,15,20H,4,14H2,1-3H3,(H,21,22). The maximum Gasteiger partial charge on any atom is 0.230 e. The van der Waals surface area contributed by atoms with Crippen molar-refractivity contribution in [3.63, 3.8) is 0 Å². The van der Waals surface area contributed by atoms with Crippen LogP contribution in [0.15, 0.2) is 59.5 Å². The fourth-order valence-corrected chi connectivity index (χ4v) is 3.17. The summed E-state index contributed by atoms with van der Waals surface area (Å²) in [5, 5.41) is 3.15. The first kappa shape index (κ1) is 18.4. The number of benzene rings is 2. The van der Waals surface area contributed by atoms with E-state index in [1.807, 2.05) is 49.4 Å². The number of carbonyl (C=O) groups excluding carboxylic acids is 1. The number of hydrogen-bond donors (Lipinski definition) is 1. The molecule has 3 nitrogen and oxygen atoms in total. The fourth-order valence-electron chi connectivity index (χ4n) is 2.46. The van der Waals surface area contributed by atoms with E-state index in [-0.39, 0.29) is 11.9 Å². The molecule has 0 aliphatic rings. The zero-order chi connectivity index (χ0) is 17.4. The van der Waals surface area contributed by atoms with Crippen LogP contribution >= 0.6 is 11.8 Å². The second-order valence-corrected chi connectivity index (χ2v) is 6.94. The van der Waals surface area contributed by atoms with Crippen LogP contribution < -0.4 is 10.1 Å². The highest BCUT2D eigenvalue weighted by Gasteiger charge is 2.18. The van der Waals surface area contributed by atoms with Gasteiger partial charge in [-0.15, -0.1) is 11.8 Å². The Morgan fingerprint density at radius 1 is 1.08 bits per heavy atom. The molecule has 0 saturated heterocycles. The molecule has 0 bridgehead atoms. The molecule has 0 aliphatic heterocycles. The molecule has 1 N–H and O–H groups in total. The molecule has 1 unspecified atom stereocenters. The molecule has 0 aromatic heterocycles. The first-order chi connectivity index (χ1) is 11.6. The first-order valence-electron chi connectivity index (χ1n) is 8.30. The third-order valence-electron chi connectivity index (χ3n) is 3.65. The zero-order valence-electron chi connectivity index (χ0n) is 14.5. The van der Waals surface area contributed by atoms with Gasteiger partial charge in [0.15, 0.2) is 0 Å². The van der Waals surface area contributed by atoms with Crippen molar-refractivity contribution in [3.8, 4) is 5.75 Å². The van der Waals surface area contributed by atoms with E-state index in [4.69, 9.17) is 4.74 Å². The minimum Gasteiger partial charge on any atom is -0.494 e. The van der Waals surface area contributed by atoms with Crippen molar-refractivity contribution in [2.45, 2.75) is 31.7 Å². The van der Waals surface area contributed by atoms with Gasteiger partial charge in [0.2, 0.25) is 5.91 Å². The van der Waals surface area contributed by atoms with Crippen LogP contribution in [0.4, 0.5) is 0 Å². The average Bonchev–Trinajstić information content (AvgIpc) is 2.60. The summed E-state index contributed by atoms with van der Waals surface area (Å²) in [6, 6.07) is 18.0. The quantitative estimate of drug-likeness (QED) is 0.707. The van der Waals surface area contributed by atoms with Crippen LogP contribution in [0.25, 0.3) is 0 Å². The lowest BCUT2D eigenvalue weighted by Crippen LogP contribution is -2.32. The van der Waals surface area contributed by atoms with E-state index >= 15 is 0 Å². The summed E-state index contributed by atoms with van der Waals surface area (Å²) in [6.45, 7) is 6.87. The summed E-state index contributed by atoms with van der Waals surface area (Å²) in [4.78, 5) is 13.4. The molecule has 2 rings (SSSR count). The second kappa shape index (κ2) is 9.38. The molecule has 4 heteroatoms. The number of rotatable bonds is 8. The lowest BCUT2D eigenvalue weighted by molar-refractivity contribution is -0.119. The second-order valence-electron chi connectivity index (χ2n) is 5.89. The van der Waals surface area contributed by atoms with Crippen molar-refractivity contribution in [1.82, 2.24) is 5.32 Å². The van der Waals surface area contributed by atoms with Crippen LogP contribution in [0.5, 0.6) is 5.75 Å². The Bertz CT molecular complexity index is 626. The Morgan fingerprint density at radius 3 is 2.33 bits per heavy atom. The monoisotopic (exact) mass is 343 g/mol. The Morgan fingerprint density at radius 2 is 1.75 bits per heavy atom. The summed E-state index contributed by atoms with van der Waals surface area (Å²) in [7, 11) is 0. The smallest absolute Gasteiger partial charge is 0.230 e. The minimum absolute atomic E-state index is 0.0413. The van der Waals surface area contributed by atoms with E-state index in [1.54, 1.807) is 0 Å². The minimum atomic E-state index is 0.0413. The molecule has 0 radical (unpaired) electrons. The third kappa shape index (κ3) is 5.60. The van der Waals surface area contributed by atoms with Crippen LogP contribution in [0.2, 0.25) is 0 Å². The first-order valence-corrected chi connectivity index (χ1v) is 9.28. The van der Waals surface area contributed by atoms with Gasteiger partial charge in [0.25, 0.3) is 0 Å². The predicted octanol–water partition coefficient (Wildman–Crippen LogP) is 4.69. The summed E-state index contributed by atoms with van der Waals surface area (Å²) in [5.74, 6) is 1.66. The molecule has 0 fully saturated rings. The van der Waals surface area contributed by atoms with Crippen LogP contribution in [0, 0.1) is 5.92 Å². The van der Waals surface area contributed by atoms with Crippen LogP contribution in [-0.2, 0) is 4.79 Å². The molecule has 1 amide bonds. The van der Waals surface area contributed by atoms with Gasteiger partial charge in [-0.2, -0.15) is 0 Å². The highest BCUT2D eigenvalue weighted by atomic mass is 32.2. The predicted molar refractivity (Wildman–Crippen MR) is 100 cm³/mol. The van der Waals surface area contributed by atoms with Crippen molar-refractivity contribution in [3.05, 3.63) is 60.2 Å². The van der Waals surface area contributed by atoms with Gasteiger partial charge in [0.1, 0.15) is 5.75 Å². The van der Waals surface area contributed by atoms with E-state index in [0.29, 0.717) is 18.3 Å². The Kier molecular flexibility index (Phi) is 7.19. The maximum atomic E-state index is 12.3. The van der Waals surface area contributed by atoms with Gasteiger partial charge in [-0.05, 0) is 42.7 Å². The average molecular weight is 343 g/mol. The zero-order valence-corrected chi connectivity index (χ0v) is 15.3.